The third kappa shape index (κ3) is 10.7. The van der Waals surface area contributed by atoms with Gasteiger partial charge in [0.1, 0.15) is 35.0 Å². The topological polar surface area (TPSA) is 256 Å². The van der Waals surface area contributed by atoms with Crippen molar-refractivity contribution in [2.24, 2.45) is 0 Å². The molecule has 80 heavy (non-hydrogen) atoms. The first kappa shape index (κ1) is 55.5. The predicted molar refractivity (Wildman–Crippen MR) is 287 cm³/mol. The molecule has 5 aliphatic heterocycles. The molecule has 0 radical (unpaired) electrons. The number of benzene rings is 6. The van der Waals surface area contributed by atoms with Gasteiger partial charge in [-0.25, -0.2) is 19.2 Å². The Morgan fingerprint density at radius 3 is 2.00 bits per heavy atom. The molecule has 2 atom stereocenters. The van der Waals surface area contributed by atoms with Gasteiger partial charge in [0.2, 0.25) is 5.75 Å². The SMILES string of the molecule is COc1ccc2cc1Oc1ccc(cc1)CC1c3cc(c(OC)cc3CCN1C)Oc1c(OC)c(OC)cc3c1C(C2)N(C)CC3.Cc1cc(O)c(C=O)c2c1C(=O)Oc1c(COC(=O)C=CC(=O)O)c(O)c(C(=O)O)c(C)c1O2. The lowest BCUT2D eigenvalue weighted by Crippen LogP contribution is -2.34. The van der Waals surface area contributed by atoms with Crippen LogP contribution in [-0.4, -0.2) is 116 Å². The maximum Gasteiger partial charge on any atom is 0.347 e. The van der Waals surface area contributed by atoms with E-state index < -0.39 is 70.2 Å². The van der Waals surface area contributed by atoms with Crippen LogP contribution in [0.5, 0.6) is 74.7 Å². The zero-order valence-electron chi connectivity index (χ0n) is 45.1. The van der Waals surface area contributed by atoms with Gasteiger partial charge in [-0.15, -0.1) is 0 Å². The van der Waals surface area contributed by atoms with Crippen LogP contribution >= 0.6 is 0 Å². The number of esters is 2. The molecule has 0 saturated heterocycles. The van der Waals surface area contributed by atoms with E-state index in [4.69, 9.17) is 47.7 Å². The Morgan fingerprint density at radius 1 is 0.688 bits per heavy atom. The van der Waals surface area contributed by atoms with Crippen LogP contribution in [0.1, 0.15) is 93.2 Å². The maximum atomic E-state index is 12.9. The molecule has 0 fully saturated rings. The number of rotatable bonds is 10. The van der Waals surface area contributed by atoms with E-state index in [0.717, 1.165) is 61.7 Å². The molecule has 2 unspecified atom stereocenters. The summed E-state index contributed by atoms with van der Waals surface area (Å²) in [5.74, 6) is -2.50. The van der Waals surface area contributed by atoms with E-state index in [1.165, 1.54) is 36.1 Å². The highest BCUT2D eigenvalue weighted by Gasteiger charge is 2.38. The van der Waals surface area contributed by atoms with Gasteiger partial charge in [0.15, 0.2) is 58.0 Å². The third-order valence-electron chi connectivity index (χ3n) is 14.7. The van der Waals surface area contributed by atoms with E-state index in [1.54, 1.807) is 28.4 Å². The first-order chi connectivity index (χ1) is 38.4. The molecule has 0 amide bonds. The molecular weight excluding hydrogens is 1040 g/mol. The number of nitrogens with zero attached hydrogens (tertiary/aromatic N) is 2. The number of phenolic OH excluding ortho intramolecular Hbond substituents is 1. The van der Waals surface area contributed by atoms with Gasteiger partial charge in [-0.2, -0.15) is 0 Å². The van der Waals surface area contributed by atoms with Gasteiger partial charge >= 0.3 is 23.9 Å². The number of hydrogen-bond acceptors (Lipinski definition) is 18. The van der Waals surface area contributed by atoms with Crippen molar-refractivity contribution in [2.75, 3.05) is 55.6 Å². The normalized spacial score (nSPS) is 16.2. The van der Waals surface area contributed by atoms with Gasteiger partial charge in [-0.3, -0.25) is 14.6 Å². The molecule has 416 valence electrons. The van der Waals surface area contributed by atoms with E-state index >= 15 is 0 Å². The second-order valence-corrected chi connectivity index (χ2v) is 19.5. The molecule has 0 spiro atoms. The van der Waals surface area contributed by atoms with Crippen molar-refractivity contribution in [3.8, 4) is 74.7 Å². The Hall–Kier alpha value is -9.27. The number of aldehydes is 1. The summed E-state index contributed by atoms with van der Waals surface area (Å²) in [5, 5.41) is 38.9. The van der Waals surface area contributed by atoms with Crippen LogP contribution in [0.2, 0.25) is 0 Å². The molecule has 0 aromatic heterocycles. The van der Waals surface area contributed by atoms with Crippen molar-refractivity contribution in [3.05, 3.63) is 146 Å². The summed E-state index contributed by atoms with van der Waals surface area (Å²) < 4.78 is 53.0. The molecule has 20 heteroatoms. The Kier molecular flexibility index (Phi) is 15.9. The molecule has 6 aromatic rings. The van der Waals surface area contributed by atoms with Crippen LogP contribution in [0.25, 0.3) is 0 Å². The zero-order valence-corrected chi connectivity index (χ0v) is 45.1. The van der Waals surface area contributed by atoms with E-state index in [2.05, 4.69) is 66.4 Å². The first-order valence-corrected chi connectivity index (χ1v) is 25.3. The van der Waals surface area contributed by atoms with Gasteiger partial charge in [-0.05, 0) is 136 Å². The van der Waals surface area contributed by atoms with E-state index in [9.17, 15) is 39.3 Å². The summed E-state index contributed by atoms with van der Waals surface area (Å²) in [6, 6.07) is 22.3. The number of carboxylic acids is 2. The van der Waals surface area contributed by atoms with Crippen molar-refractivity contribution in [1.82, 2.24) is 9.80 Å². The standard InChI is InChI=1S/C38H42N2O6.C22H16O12/c1-39-15-13-25-20-32(42-4)34-22-28(25)29(39)17-23-7-10-27(11-8-23)45-33-19-24(9-12-31(33)41-3)18-30-36-26(14-16-40(30)2)21-35(43-5)37(44-6)38(36)46-34;1-8-5-12(24)10(6-23)19-15(8)22(31)34-20-11(7-32-14(27)4-3-13(25)26)17(28)16(21(29)30)9(2)18(20)33-19/h7-12,19-22,29-30H,13-18H2,1-6H3;3-6,24,28H,7H2,1-2H3,(H,25,26)(H,29,30). The molecule has 5 aliphatic rings. The number of aliphatic carboxylic acids is 1. The Morgan fingerprint density at radius 2 is 1.34 bits per heavy atom. The van der Waals surface area contributed by atoms with Crippen LogP contribution < -0.4 is 37.9 Å². The summed E-state index contributed by atoms with van der Waals surface area (Å²) in [5.41, 5.74) is 5.35. The van der Waals surface area contributed by atoms with Crippen molar-refractivity contribution < 1.29 is 87.0 Å². The fraction of sp³-hybridized carbons (Fsp3) is 0.283. The Balaban J connectivity index is 0.000000203. The number of ether oxygens (including phenoxy) is 9. The number of methoxy groups -OCH3 is 4. The van der Waals surface area contributed by atoms with Crippen LogP contribution in [0, 0.1) is 13.8 Å². The third-order valence-corrected chi connectivity index (χ3v) is 14.7. The van der Waals surface area contributed by atoms with Crippen LogP contribution in [0.4, 0.5) is 0 Å². The number of carboxylic acid groups (broad SMARTS) is 2. The van der Waals surface area contributed by atoms with Gasteiger partial charge in [0, 0.05) is 48.5 Å². The Labute approximate surface area is 459 Å². The fourth-order valence-corrected chi connectivity index (χ4v) is 10.6. The number of aryl methyl sites for hydroxylation is 1. The molecule has 4 N–H and O–H groups in total. The highest BCUT2D eigenvalue weighted by molar-refractivity contribution is 6.03. The molecule has 6 bridgehead atoms. The summed E-state index contributed by atoms with van der Waals surface area (Å²) in [4.78, 5) is 63.4. The lowest BCUT2D eigenvalue weighted by Gasteiger charge is -2.37. The van der Waals surface area contributed by atoms with Crippen molar-refractivity contribution in [3.63, 3.8) is 0 Å². The highest BCUT2D eigenvalue weighted by atomic mass is 16.6. The quantitative estimate of drug-likeness (QED) is 0.0431. The average Bonchev–Trinajstić information content (AvgIpc) is 3.80. The lowest BCUT2D eigenvalue weighted by atomic mass is 9.87. The number of likely N-dealkylation sites (N-methyl/N-ethyl adjacent to an activating group) is 2. The smallest absolute Gasteiger partial charge is 0.347 e. The summed E-state index contributed by atoms with van der Waals surface area (Å²) in [7, 11) is 11.1. The van der Waals surface area contributed by atoms with Crippen molar-refractivity contribution in [1.29, 1.82) is 0 Å². The van der Waals surface area contributed by atoms with E-state index in [1.807, 2.05) is 18.2 Å². The highest BCUT2D eigenvalue weighted by Crippen LogP contribution is 2.53. The molecule has 11 rings (SSSR count). The van der Waals surface area contributed by atoms with Crippen LogP contribution in [0.3, 0.4) is 0 Å². The second-order valence-electron chi connectivity index (χ2n) is 19.5. The number of carbonyl (C=O) groups excluding carboxylic acids is 3. The van der Waals surface area contributed by atoms with Gasteiger partial charge in [0.25, 0.3) is 0 Å². The fourth-order valence-electron chi connectivity index (χ4n) is 10.6. The van der Waals surface area contributed by atoms with Gasteiger partial charge < -0.3 is 63.1 Å². The summed E-state index contributed by atoms with van der Waals surface area (Å²) >= 11 is 0. The molecule has 20 nitrogen and oxygen atoms in total. The molecular formula is C60H58N2O18. The minimum absolute atomic E-state index is 0.000437. The minimum Gasteiger partial charge on any atom is -0.507 e. The Bertz CT molecular complexity index is 3520. The maximum absolute atomic E-state index is 12.9. The number of fused-ring (bicyclic) bond motifs is 4. The number of aromatic hydroxyl groups is 2. The summed E-state index contributed by atoms with van der Waals surface area (Å²) in [6.07, 6.45) is 4.68. The average molecular weight is 1100 g/mol. The van der Waals surface area contributed by atoms with Crippen LogP contribution in [0.15, 0.2) is 78.9 Å². The number of aromatic carboxylic acids is 1. The van der Waals surface area contributed by atoms with E-state index in [0.29, 0.717) is 52.4 Å². The predicted octanol–water partition coefficient (Wildman–Crippen LogP) is 9.40. The summed E-state index contributed by atoms with van der Waals surface area (Å²) in [6.45, 7) is 3.69. The van der Waals surface area contributed by atoms with Gasteiger partial charge in [-0.1, -0.05) is 18.2 Å². The minimum atomic E-state index is -1.60. The molecule has 5 heterocycles. The zero-order chi connectivity index (χ0) is 57.3. The van der Waals surface area contributed by atoms with Crippen LogP contribution in [-0.2, 0) is 46.6 Å². The number of phenols is 2. The van der Waals surface area contributed by atoms with Crippen molar-refractivity contribution >= 4 is 30.2 Å². The largest absolute Gasteiger partial charge is 0.507 e. The first-order valence-electron chi connectivity index (χ1n) is 25.3. The number of hydrogen-bond donors (Lipinski definition) is 4. The van der Waals surface area contributed by atoms with Gasteiger partial charge in [0.05, 0.1) is 39.6 Å². The van der Waals surface area contributed by atoms with Crippen molar-refractivity contribution in [2.45, 2.75) is 58.2 Å². The lowest BCUT2D eigenvalue weighted by molar-refractivity contribution is -0.139. The van der Waals surface area contributed by atoms with E-state index in [-0.39, 0.29) is 40.8 Å². The molecule has 0 saturated carbocycles. The molecule has 6 aromatic carbocycles. The second kappa shape index (κ2) is 23.0. The monoisotopic (exact) mass is 1090 g/mol. The molecule has 0 aliphatic carbocycles. The number of carbonyl (C=O) groups is 5.